The number of anilines is 1. The van der Waals surface area contributed by atoms with Crippen LogP contribution in [0.25, 0.3) is 0 Å². The zero-order chi connectivity index (χ0) is 19.6. The fourth-order valence-corrected chi connectivity index (χ4v) is 4.21. The van der Waals surface area contributed by atoms with Gasteiger partial charge in [-0.3, -0.25) is 4.99 Å². The molecule has 3 rings (SSSR count). The lowest BCUT2D eigenvalue weighted by Crippen LogP contribution is -2.40. The molecule has 0 aliphatic carbocycles. The van der Waals surface area contributed by atoms with Crippen molar-refractivity contribution in [1.29, 1.82) is 0 Å². The molecular formula is C23H39N5. The van der Waals surface area contributed by atoms with Crippen LogP contribution in [0.4, 0.5) is 5.69 Å². The summed E-state index contributed by atoms with van der Waals surface area (Å²) in [4.78, 5) is 9.97. The van der Waals surface area contributed by atoms with Gasteiger partial charge < -0.3 is 20.4 Å². The van der Waals surface area contributed by atoms with Crippen LogP contribution in [0.2, 0.25) is 0 Å². The van der Waals surface area contributed by atoms with Gasteiger partial charge >= 0.3 is 0 Å². The maximum absolute atomic E-state index is 4.87. The first-order chi connectivity index (χ1) is 13.7. The highest BCUT2D eigenvalue weighted by molar-refractivity contribution is 5.79. The summed E-state index contributed by atoms with van der Waals surface area (Å²) < 4.78 is 0. The van der Waals surface area contributed by atoms with E-state index in [4.69, 9.17) is 4.99 Å². The molecule has 2 aliphatic rings. The molecule has 5 heteroatoms. The molecule has 0 radical (unpaired) electrons. The molecule has 0 amide bonds. The molecule has 0 aromatic heterocycles. The molecule has 5 nitrogen and oxygen atoms in total. The van der Waals surface area contributed by atoms with Crippen molar-refractivity contribution in [3.63, 3.8) is 0 Å². The zero-order valence-corrected chi connectivity index (χ0v) is 17.9. The van der Waals surface area contributed by atoms with Crippen molar-refractivity contribution in [3.8, 4) is 0 Å². The molecule has 0 saturated carbocycles. The third kappa shape index (κ3) is 6.69. The number of aliphatic imine (C=N–C) groups is 1. The number of guanidine groups is 1. The predicted octanol–water partition coefficient (Wildman–Crippen LogP) is 3.19. The van der Waals surface area contributed by atoms with Crippen molar-refractivity contribution in [1.82, 2.24) is 15.5 Å². The lowest BCUT2D eigenvalue weighted by molar-refractivity contribution is 0.191. The third-order valence-corrected chi connectivity index (χ3v) is 6.08. The molecule has 2 heterocycles. The van der Waals surface area contributed by atoms with Crippen LogP contribution in [0.5, 0.6) is 0 Å². The van der Waals surface area contributed by atoms with Crippen molar-refractivity contribution >= 4 is 11.6 Å². The largest absolute Gasteiger partial charge is 0.371 e. The van der Waals surface area contributed by atoms with Crippen LogP contribution in [0.15, 0.2) is 35.3 Å². The Kier molecular flexibility index (Phi) is 8.46. The van der Waals surface area contributed by atoms with Gasteiger partial charge in [0.25, 0.3) is 0 Å². The standard InChI is InChI=1S/C23H39N5/c1-3-24-23(25-13-7-14-27-15-10-20(2)11-16-27)26-18-21-12-17-28(19-21)22-8-5-4-6-9-22/h4-6,8-9,20-21H,3,7,10-19H2,1-2H3,(H2,24,25,26). The van der Waals surface area contributed by atoms with E-state index < -0.39 is 0 Å². The number of nitrogens with zero attached hydrogens (tertiary/aromatic N) is 3. The van der Waals surface area contributed by atoms with Gasteiger partial charge in [-0.05, 0) is 76.2 Å². The van der Waals surface area contributed by atoms with E-state index in [1.165, 1.54) is 51.0 Å². The van der Waals surface area contributed by atoms with E-state index in [0.717, 1.165) is 44.6 Å². The molecule has 0 spiro atoms. The van der Waals surface area contributed by atoms with E-state index in [-0.39, 0.29) is 0 Å². The van der Waals surface area contributed by atoms with Crippen LogP contribution in [0.1, 0.15) is 39.5 Å². The average Bonchev–Trinajstić information content (AvgIpc) is 3.20. The summed E-state index contributed by atoms with van der Waals surface area (Å²) >= 11 is 0. The van der Waals surface area contributed by atoms with Gasteiger partial charge in [0.1, 0.15) is 0 Å². The summed E-state index contributed by atoms with van der Waals surface area (Å²) in [6, 6.07) is 10.7. The molecule has 1 atom stereocenters. The monoisotopic (exact) mass is 385 g/mol. The fraction of sp³-hybridized carbons (Fsp3) is 0.696. The van der Waals surface area contributed by atoms with Gasteiger partial charge in [0.05, 0.1) is 0 Å². The van der Waals surface area contributed by atoms with E-state index >= 15 is 0 Å². The highest BCUT2D eigenvalue weighted by atomic mass is 15.2. The van der Waals surface area contributed by atoms with Gasteiger partial charge in [0.15, 0.2) is 5.96 Å². The minimum atomic E-state index is 0.644. The van der Waals surface area contributed by atoms with Gasteiger partial charge in [0, 0.05) is 38.4 Å². The number of benzene rings is 1. The minimum Gasteiger partial charge on any atom is -0.371 e. The number of para-hydroxylation sites is 1. The summed E-state index contributed by atoms with van der Waals surface area (Å²) in [7, 11) is 0. The molecular weight excluding hydrogens is 346 g/mol. The minimum absolute atomic E-state index is 0.644. The SMILES string of the molecule is CCNC(=NCC1CCN(c2ccccc2)C1)NCCCN1CCC(C)CC1. The lowest BCUT2D eigenvalue weighted by Gasteiger charge is -2.30. The number of hydrogen-bond donors (Lipinski definition) is 2. The van der Waals surface area contributed by atoms with Crippen LogP contribution in [0, 0.1) is 11.8 Å². The smallest absolute Gasteiger partial charge is 0.191 e. The summed E-state index contributed by atoms with van der Waals surface area (Å²) in [6.45, 7) is 13.3. The van der Waals surface area contributed by atoms with Gasteiger partial charge in [-0.2, -0.15) is 0 Å². The summed E-state index contributed by atoms with van der Waals surface area (Å²) in [6.07, 6.45) is 5.13. The number of likely N-dealkylation sites (tertiary alicyclic amines) is 1. The van der Waals surface area contributed by atoms with Crippen molar-refractivity contribution in [2.75, 3.05) is 57.3 Å². The molecule has 1 unspecified atom stereocenters. The van der Waals surface area contributed by atoms with E-state index in [2.05, 4.69) is 64.6 Å². The summed E-state index contributed by atoms with van der Waals surface area (Å²) in [5, 5.41) is 6.94. The second kappa shape index (κ2) is 11.3. The van der Waals surface area contributed by atoms with Gasteiger partial charge in [-0.15, -0.1) is 0 Å². The van der Waals surface area contributed by atoms with Crippen molar-refractivity contribution < 1.29 is 0 Å². The first-order valence-corrected chi connectivity index (χ1v) is 11.3. The Morgan fingerprint density at radius 2 is 1.86 bits per heavy atom. The van der Waals surface area contributed by atoms with E-state index in [1.807, 2.05) is 0 Å². The number of hydrogen-bond acceptors (Lipinski definition) is 3. The molecule has 2 aliphatic heterocycles. The molecule has 0 bridgehead atoms. The van der Waals surface area contributed by atoms with Gasteiger partial charge in [0.2, 0.25) is 0 Å². The zero-order valence-electron chi connectivity index (χ0n) is 17.9. The number of rotatable bonds is 8. The van der Waals surface area contributed by atoms with E-state index in [1.54, 1.807) is 0 Å². The quantitative estimate of drug-likeness (QED) is 0.410. The Hall–Kier alpha value is -1.75. The molecule has 156 valence electrons. The Labute approximate surface area is 171 Å². The maximum atomic E-state index is 4.87. The lowest BCUT2D eigenvalue weighted by atomic mass is 9.99. The van der Waals surface area contributed by atoms with Crippen LogP contribution >= 0.6 is 0 Å². The second-order valence-electron chi connectivity index (χ2n) is 8.46. The van der Waals surface area contributed by atoms with E-state index in [9.17, 15) is 0 Å². The normalized spacial score (nSPS) is 21.9. The second-order valence-corrected chi connectivity index (χ2v) is 8.46. The Balaban J connectivity index is 1.37. The molecule has 1 aromatic rings. The Bertz CT molecular complexity index is 580. The summed E-state index contributed by atoms with van der Waals surface area (Å²) in [5.74, 6) is 2.54. The van der Waals surface area contributed by atoms with Crippen LogP contribution in [-0.2, 0) is 0 Å². The highest BCUT2D eigenvalue weighted by Gasteiger charge is 2.22. The first-order valence-electron chi connectivity index (χ1n) is 11.3. The molecule has 2 saturated heterocycles. The number of piperidine rings is 1. The van der Waals surface area contributed by atoms with Crippen LogP contribution in [-0.4, -0.2) is 63.2 Å². The third-order valence-electron chi connectivity index (χ3n) is 6.08. The highest BCUT2D eigenvalue weighted by Crippen LogP contribution is 2.23. The summed E-state index contributed by atoms with van der Waals surface area (Å²) in [5.41, 5.74) is 1.34. The Morgan fingerprint density at radius 1 is 1.07 bits per heavy atom. The maximum Gasteiger partial charge on any atom is 0.191 e. The molecule has 2 N–H and O–H groups in total. The van der Waals surface area contributed by atoms with Crippen molar-refractivity contribution in [2.45, 2.75) is 39.5 Å². The Morgan fingerprint density at radius 3 is 2.61 bits per heavy atom. The van der Waals surface area contributed by atoms with Crippen LogP contribution in [0.3, 0.4) is 0 Å². The molecule has 2 fully saturated rings. The van der Waals surface area contributed by atoms with Crippen molar-refractivity contribution in [3.05, 3.63) is 30.3 Å². The van der Waals surface area contributed by atoms with Gasteiger partial charge in [-0.1, -0.05) is 25.1 Å². The molecule has 28 heavy (non-hydrogen) atoms. The first kappa shape index (κ1) is 21.0. The topological polar surface area (TPSA) is 42.9 Å². The van der Waals surface area contributed by atoms with Crippen LogP contribution < -0.4 is 15.5 Å². The number of nitrogens with one attached hydrogen (secondary N) is 2. The fourth-order valence-electron chi connectivity index (χ4n) is 4.21. The predicted molar refractivity (Wildman–Crippen MR) is 120 cm³/mol. The van der Waals surface area contributed by atoms with Crippen molar-refractivity contribution in [2.24, 2.45) is 16.8 Å². The van der Waals surface area contributed by atoms with Gasteiger partial charge in [-0.25, -0.2) is 0 Å². The van der Waals surface area contributed by atoms with E-state index in [0.29, 0.717) is 5.92 Å². The molecule has 1 aromatic carbocycles. The average molecular weight is 386 g/mol.